The number of esters is 1. The molecule has 1 atom stereocenters. The molecule has 2 aliphatic rings. The van der Waals surface area contributed by atoms with Gasteiger partial charge >= 0.3 is 5.97 Å². The maximum atomic E-state index is 13.1. The van der Waals surface area contributed by atoms with E-state index in [1.54, 1.807) is 16.7 Å². The van der Waals surface area contributed by atoms with Crippen LogP contribution < -0.4 is 4.90 Å². The van der Waals surface area contributed by atoms with E-state index in [1.165, 1.54) is 6.26 Å². The zero-order chi connectivity index (χ0) is 19.3. The van der Waals surface area contributed by atoms with Gasteiger partial charge < -0.3 is 14.2 Å². The van der Waals surface area contributed by atoms with Gasteiger partial charge in [0.1, 0.15) is 19.5 Å². The fourth-order valence-corrected chi connectivity index (χ4v) is 4.33. The highest BCUT2D eigenvalue weighted by Gasteiger charge is 2.33. The second-order valence-corrected chi connectivity index (χ2v) is 7.31. The Morgan fingerprint density at radius 2 is 1.86 bits per heavy atom. The van der Waals surface area contributed by atoms with E-state index < -0.39 is 5.97 Å². The van der Waals surface area contributed by atoms with Crippen molar-refractivity contribution >= 4 is 29.3 Å². The summed E-state index contributed by atoms with van der Waals surface area (Å²) in [5, 5.41) is 0. The molecule has 0 aliphatic carbocycles. The van der Waals surface area contributed by atoms with Crippen molar-refractivity contribution < 1.29 is 23.8 Å². The van der Waals surface area contributed by atoms with E-state index in [4.69, 9.17) is 14.2 Å². The largest absolute Gasteiger partial charge is 0.493 e. The first kappa shape index (κ1) is 18.4. The number of rotatable bonds is 4. The smallest absolute Gasteiger partial charge is 0.377 e. The highest BCUT2D eigenvalue weighted by molar-refractivity contribution is 7.99. The molecule has 0 bridgehead atoms. The summed E-state index contributed by atoms with van der Waals surface area (Å²) in [5.41, 5.74) is 1.86. The number of thioether (sulfide) groups is 1. The average Bonchev–Trinajstić information content (AvgIpc) is 2.77. The van der Waals surface area contributed by atoms with Gasteiger partial charge in [0.25, 0.3) is 5.91 Å². The summed E-state index contributed by atoms with van der Waals surface area (Å²) in [5.74, 6) is -0.285. The van der Waals surface area contributed by atoms with Crippen LogP contribution in [0.1, 0.15) is 11.6 Å². The van der Waals surface area contributed by atoms with E-state index in [0.717, 1.165) is 21.9 Å². The molecule has 1 amide bonds. The lowest BCUT2D eigenvalue weighted by molar-refractivity contribution is -0.148. The van der Waals surface area contributed by atoms with Gasteiger partial charge in [-0.1, -0.05) is 42.5 Å². The lowest BCUT2D eigenvalue weighted by Crippen LogP contribution is -2.41. The van der Waals surface area contributed by atoms with E-state index in [-0.39, 0.29) is 30.9 Å². The second kappa shape index (κ2) is 8.39. The summed E-state index contributed by atoms with van der Waals surface area (Å²) in [6.07, 6.45) is 1.22. The number of carbonyl (C=O) groups is 2. The van der Waals surface area contributed by atoms with Crippen LogP contribution in [0, 0.1) is 0 Å². The molecule has 144 valence electrons. The predicted molar refractivity (Wildman–Crippen MR) is 105 cm³/mol. The maximum Gasteiger partial charge on any atom is 0.377 e. The molecule has 0 fully saturated rings. The third-order valence-corrected chi connectivity index (χ3v) is 5.60. The van der Waals surface area contributed by atoms with E-state index >= 15 is 0 Å². The zero-order valence-electron chi connectivity index (χ0n) is 15.1. The SMILES string of the molecule is O=C(OCC(=O)N1c2ccccc2SC[C@@H]1c1ccccc1)C1=COCCO1. The second-order valence-electron chi connectivity index (χ2n) is 6.25. The van der Waals surface area contributed by atoms with Crippen LogP contribution in [-0.2, 0) is 23.8 Å². The Labute approximate surface area is 167 Å². The number of ether oxygens (including phenoxy) is 3. The van der Waals surface area contributed by atoms with Crippen LogP contribution in [0.15, 0.2) is 71.5 Å². The normalized spacial score (nSPS) is 18.2. The van der Waals surface area contributed by atoms with Crippen molar-refractivity contribution in [3.05, 3.63) is 72.2 Å². The summed E-state index contributed by atoms with van der Waals surface area (Å²) >= 11 is 1.71. The molecule has 2 aromatic rings. The molecule has 28 heavy (non-hydrogen) atoms. The summed E-state index contributed by atoms with van der Waals surface area (Å²) in [4.78, 5) is 27.9. The third kappa shape index (κ3) is 3.84. The molecule has 7 heteroatoms. The number of anilines is 1. The minimum absolute atomic E-state index is 0.0201. The van der Waals surface area contributed by atoms with E-state index in [1.807, 2.05) is 54.6 Å². The van der Waals surface area contributed by atoms with Gasteiger partial charge in [-0.2, -0.15) is 0 Å². The van der Waals surface area contributed by atoms with Crippen LogP contribution >= 0.6 is 11.8 Å². The third-order valence-electron chi connectivity index (χ3n) is 4.46. The minimum atomic E-state index is -0.705. The Bertz CT molecular complexity index is 899. The van der Waals surface area contributed by atoms with Gasteiger partial charge in [-0.3, -0.25) is 9.69 Å². The molecule has 2 heterocycles. The topological polar surface area (TPSA) is 65.1 Å². The Hall–Kier alpha value is -2.93. The van der Waals surface area contributed by atoms with Crippen molar-refractivity contribution in [2.24, 2.45) is 0 Å². The summed E-state index contributed by atoms with van der Waals surface area (Å²) in [6, 6.07) is 17.5. The molecule has 0 spiro atoms. The molecule has 0 unspecified atom stereocenters. The highest BCUT2D eigenvalue weighted by Crippen LogP contribution is 2.43. The predicted octanol–water partition coefficient (Wildman–Crippen LogP) is 3.30. The molecule has 0 aromatic heterocycles. The highest BCUT2D eigenvalue weighted by atomic mass is 32.2. The quantitative estimate of drug-likeness (QED) is 0.738. The van der Waals surface area contributed by atoms with Crippen LogP contribution in [0.25, 0.3) is 0 Å². The number of amides is 1. The van der Waals surface area contributed by atoms with Crippen LogP contribution in [0.4, 0.5) is 5.69 Å². The molecular formula is C21H19NO5S. The minimum Gasteiger partial charge on any atom is -0.493 e. The van der Waals surface area contributed by atoms with Crippen LogP contribution in [0.2, 0.25) is 0 Å². The van der Waals surface area contributed by atoms with Gasteiger partial charge in [-0.05, 0) is 17.7 Å². The Morgan fingerprint density at radius 3 is 2.64 bits per heavy atom. The van der Waals surface area contributed by atoms with Gasteiger partial charge in [-0.25, -0.2) is 4.79 Å². The fourth-order valence-electron chi connectivity index (χ4n) is 3.16. The first-order chi connectivity index (χ1) is 13.7. The van der Waals surface area contributed by atoms with Gasteiger partial charge in [0.05, 0.1) is 11.7 Å². The summed E-state index contributed by atoms with van der Waals surface area (Å²) < 4.78 is 15.4. The Kier molecular flexibility index (Phi) is 5.53. The lowest BCUT2D eigenvalue weighted by atomic mass is 10.1. The molecule has 2 aromatic carbocycles. The van der Waals surface area contributed by atoms with Crippen molar-refractivity contribution in [2.45, 2.75) is 10.9 Å². The molecule has 4 rings (SSSR count). The summed E-state index contributed by atoms with van der Waals surface area (Å²) in [6.45, 7) is 0.292. The standard InChI is InChI=1S/C21H19NO5S/c23-20(13-27-21(24)18-12-25-10-11-26-18)22-16-8-4-5-9-19(16)28-14-17(22)15-6-2-1-3-7-15/h1-9,12,17H,10-11,13-14H2/t17-/m1/s1. The number of carbonyl (C=O) groups excluding carboxylic acids is 2. The van der Waals surface area contributed by atoms with Crippen LogP contribution in [-0.4, -0.2) is 37.4 Å². The molecular weight excluding hydrogens is 378 g/mol. The first-order valence-corrected chi connectivity index (χ1v) is 9.93. The van der Waals surface area contributed by atoms with Crippen LogP contribution in [0.3, 0.4) is 0 Å². The number of benzene rings is 2. The van der Waals surface area contributed by atoms with Crippen molar-refractivity contribution in [1.29, 1.82) is 0 Å². The van der Waals surface area contributed by atoms with Crippen molar-refractivity contribution in [2.75, 3.05) is 30.5 Å². The molecule has 2 aliphatic heterocycles. The molecule has 0 radical (unpaired) electrons. The van der Waals surface area contributed by atoms with Crippen molar-refractivity contribution in [1.82, 2.24) is 0 Å². The summed E-state index contributed by atoms with van der Waals surface area (Å²) in [7, 11) is 0. The fraction of sp³-hybridized carbons (Fsp3) is 0.238. The lowest BCUT2D eigenvalue weighted by Gasteiger charge is -2.37. The number of nitrogens with zero attached hydrogens (tertiary/aromatic N) is 1. The maximum absolute atomic E-state index is 13.1. The van der Waals surface area contributed by atoms with Gasteiger partial charge in [0, 0.05) is 10.6 Å². The number of hydrogen-bond donors (Lipinski definition) is 0. The van der Waals surface area contributed by atoms with E-state index in [9.17, 15) is 9.59 Å². The molecule has 0 N–H and O–H groups in total. The van der Waals surface area contributed by atoms with Gasteiger partial charge in [0.2, 0.25) is 5.76 Å². The van der Waals surface area contributed by atoms with Crippen molar-refractivity contribution in [3.63, 3.8) is 0 Å². The molecule has 6 nitrogen and oxygen atoms in total. The Morgan fingerprint density at radius 1 is 1.07 bits per heavy atom. The average molecular weight is 397 g/mol. The van der Waals surface area contributed by atoms with E-state index in [0.29, 0.717) is 6.61 Å². The van der Waals surface area contributed by atoms with Gasteiger partial charge in [-0.15, -0.1) is 11.8 Å². The number of para-hydroxylation sites is 1. The molecule has 0 saturated heterocycles. The monoisotopic (exact) mass is 397 g/mol. The van der Waals surface area contributed by atoms with Crippen LogP contribution in [0.5, 0.6) is 0 Å². The number of fused-ring (bicyclic) bond motifs is 1. The van der Waals surface area contributed by atoms with Gasteiger partial charge in [0.15, 0.2) is 6.61 Å². The Balaban J connectivity index is 1.55. The van der Waals surface area contributed by atoms with E-state index in [2.05, 4.69) is 0 Å². The van der Waals surface area contributed by atoms with Crippen molar-refractivity contribution in [3.8, 4) is 0 Å². The number of hydrogen-bond acceptors (Lipinski definition) is 6. The molecule has 0 saturated carbocycles. The first-order valence-electron chi connectivity index (χ1n) is 8.94. The zero-order valence-corrected chi connectivity index (χ0v) is 15.9.